The average Bonchev–Trinajstić information content (AvgIpc) is 2.77. The highest BCUT2D eigenvalue weighted by Crippen LogP contribution is 2.33. The Balaban J connectivity index is 0.00000161. The Bertz CT molecular complexity index is 655. The van der Waals surface area contributed by atoms with Gasteiger partial charge in [0, 0.05) is 0 Å². The summed E-state index contributed by atoms with van der Waals surface area (Å²) in [4.78, 5) is 16.5. The number of anilines is 1. The van der Waals surface area contributed by atoms with Gasteiger partial charge in [-0.1, -0.05) is 11.3 Å². The van der Waals surface area contributed by atoms with Gasteiger partial charge in [0.05, 0.1) is 22.4 Å². The lowest BCUT2D eigenvalue weighted by atomic mass is 9.77. The van der Waals surface area contributed by atoms with Gasteiger partial charge in [0.2, 0.25) is 5.91 Å². The predicted molar refractivity (Wildman–Crippen MR) is 87.4 cm³/mol. The molecule has 0 saturated heterocycles. The van der Waals surface area contributed by atoms with Crippen molar-refractivity contribution in [1.29, 1.82) is 0 Å². The van der Waals surface area contributed by atoms with Gasteiger partial charge in [-0.2, -0.15) is 0 Å². The molecule has 1 heterocycles. The first-order valence-electron chi connectivity index (χ1n) is 6.74. The van der Waals surface area contributed by atoms with E-state index in [4.69, 9.17) is 10.5 Å². The number of halogens is 1. The van der Waals surface area contributed by atoms with Gasteiger partial charge >= 0.3 is 0 Å². The molecule has 0 spiro atoms. The number of carbonyl (C=O) groups is 1. The first-order valence-corrected chi connectivity index (χ1v) is 7.56. The SMILES string of the molecule is CCOc1ccc2nc(NC(=O)C3(N)CCC3)sc2c1.Cl. The maximum atomic E-state index is 12.1. The third-order valence-electron chi connectivity index (χ3n) is 3.59. The minimum absolute atomic E-state index is 0. The molecule has 5 nitrogen and oxygen atoms in total. The van der Waals surface area contributed by atoms with E-state index in [0.29, 0.717) is 11.7 Å². The van der Waals surface area contributed by atoms with E-state index in [1.54, 1.807) is 0 Å². The van der Waals surface area contributed by atoms with Crippen molar-refractivity contribution in [1.82, 2.24) is 4.98 Å². The second kappa shape index (κ2) is 6.17. The summed E-state index contributed by atoms with van der Waals surface area (Å²) in [6, 6.07) is 5.72. The second-order valence-electron chi connectivity index (χ2n) is 5.05. The minimum Gasteiger partial charge on any atom is -0.494 e. The van der Waals surface area contributed by atoms with Crippen LogP contribution in [0, 0.1) is 0 Å². The van der Waals surface area contributed by atoms with Gasteiger partial charge in [-0.15, -0.1) is 12.4 Å². The maximum Gasteiger partial charge on any atom is 0.246 e. The van der Waals surface area contributed by atoms with Gasteiger partial charge in [0.1, 0.15) is 5.75 Å². The zero-order valence-corrected chi connectivity index (χ0v) is 13.4. The number of hydrogen-bond donors (Lipinski definition) is 2. The molecule has 2 aromatic rings. The highest BCUT2D eigenvalue weighted by molar-refractivity contribution is 7.22. The molecule has 0 radical (unpaired) electrons. The van der Waals surface area contributed by atoms with E-state index in [-0.39, 0.29) is 18.3 Å². The number of amides is 1. The van der Waals surface area contributed by atoms with Crippen LogP contribution in [0.4, 0.5) is 5.13 Å². The molecule has 0 atom stereocenters. The summed E-state index contributed by atoms with van der Waals surface area (Å²) in [6.07, 6.45) is 2.51. The van der Waals surface area contributed by atoms with Crippen molar-refractivity contribution in [3.8, 4) is 5.75 Å². The van der Waals surface area contributed by atoms with Crippen molar-refractivity contribution >= 4 is 45.0 Å². The zero-order valence-electron chi connectivity index (χ0n) is 11.7. The lowest BCUT2D eigenvalue weighted by molar-refractivity contribution is -0.123. The molecule has 1 saturated carbocycles. The number of benzene rings is 1. The topological polar surface area (TPSA) is 77.2 Å². The molecule has 21 heavy (non-hydrogen) atoms. The van der Waals surface area contributed by atoms with Crippen LogP contribution in [-0.2, 0) is 4.79 Å². The Labute approximate surface area is 133 Å². The largest absolute Gasteiger partial charge is 0.494 e. The molecule has 3 N–H and O–H groups in total. The second-order valence-corrected chi connectivity index (χ2v) is 6.08. The normalized spacial score (nSPS) is 15.9. The van der Waals surface area contributed by atoms with Crippen LogP contribution in [0.25, 0.3) is 10.2 Å². The number of thiazole rings is 1. The maximum absolute atomic E-state index is 12.1. The number of hydrogen-bond acceptors (Lipinski definition) is 5. The Morgan fingerprint density at radius 1 is 1.52 bits per heavy atom. The molecule has 114 valence electrons. The quantitative estimate of drug-likeness (QED) is 0.905. The molecule has 1 fully saturated rings. The summed E-state index contributed by atoms with van der Waals surface area (Å²) in [5.41, 5.74) is 6.15. The zero-order chi connectivity index (χ0) is 14.2. The van der Waals surface area contributed by atoms with E-state index in [9.17, 15) is 4.79 Å². The molecule has 7 heteroatoms. The number of nitrogens with two attached hydrogens (primary N) is 1. The summed E-state index contributed by atoms with van der Waals surface area (Å²) in [7, 11) is 0. The molecule has 1 aliphatic rings. The van der Waals surface area contributed by atoms with Crippen LogP contribution in [-0.4, -0.2) is 23.0 Å². The average molecular weight is 328 g/mol. The standard InChI is InChI=1S/C14H17N3O2S.ClH/c1-2-19-9-4-5-10-11(8-9)20-13(16-10)17-12(18)14(15)6-3-7-14;/h4-5,8H,2-3,6-7,15H2,1H3,(H,16,17,18);1H. The van der Waals surface area contributed by atoms with Crippen molar-refractivity contribution in [2.75, 3.05) is 11.9 Å². The molecule has 1 amide bonds. The van der Waals surface area contributed by atoms with Gasteiger partial charge in [-0.3, -0.25) is 4.79 Å². The first kappa shape index (κ1) is 16.0. The molecule has 0 bridgehead atoms. The van der Waals surface area contributed by atoms with Crippen LogP contribution in [0.3, 0.4) is 0 Å². The molecular weight excluding hydrogens is 310 g/mol. The van der Waals surface area contributed by atoms with Gasteiger partial charge < -0.3 is 15.8 Å². The van der Waals surface area contributed by atoms with Gasteiger partial charge in [0.25, 0.3) is 0 Å². The number of ether oxygens (including phenoxy) is 1. The summed E-state index contributed by atoms with van der Waals surface area (Å²) >= 11 is 1.44. The van der Waals surface area contributed by atoms with E-state index < -0.39 is 5.54 Å². The van der Waals surface area contributed by atoms with Crippen molar-refractivity contribution in [3.05, 3.63) is 18.2 Å². The smallest absolute Gasteiger partial charge is 0.246 e. The molecule has 1 aliphatic carbocycles. The van der Waals surface area contributed by atoms with E-state index >= 15 is 0 Å². The molecular formula is C14H18ClN3O2S. The van der Waals surface area contributed by atoms with Gasteiger partial charge in [-0.05, 0) is 44.4 Å². The Hall–Kier alpha value is -1.37. The number of nitrogens with zero attached hydrogens (tertiary/aromatic N) is 1. The van der Waals surface area contributed by atoms with Gasteiger partial charge in [0.15, 0.2) is 5.13 Å². The number of fused-ring (bicyclic) bond motifs is 1. The Kier molecular flexibility index (Phi) is 4.70. The Morgan fingerprint density at radius 2 is 2.29 bits per heavy atom. The monoisotopic (exact) mass is 327 g/mol. The van der Waals surface area contributed by atoms with E-state index in [1.807, 2.05) is 25.1 Å². The number of carbonyl (C=O) groups excluding carboxylic acids is 1. The van der Waals surface area contributed by atoms with Crippen molar-refractivity contribution in [2.24, 2.45) is 5.73 Å². The van der Waals surface area contributed by atoms with Crippen molar-refractivity contribution in [3.63, 3.8) is 0 Å². The summed E-state index contributed by atoms with van der Waals surface area (Å²) in [6.45, 7) is 2.57. The van der Waals surface area contributed by atoms with Crippen LogP contribution in [0.1, 0.15) is 26.2 Å². The van der Waals surface area contributed by atoms with Crippen LogP contribution in [0.5, 0.6) is 5.75 Å². The third-order valence-corrected chi connectivity index (χ3v) is 4.52. The number of nitrogens with one attached hydrogen (secondary N) is 1. The molecule has 1 aromatic carbocycles. The predicted octanol–water partition coefficient (Wildman–Crippen LogP) is 2.94. The Morgan fingerprint density at radius 3 is 2.90 bits per heavy atom. The lowest BCUT2D eigenvalue weighted by Gasteiger charge is -2.35. The fraction of sp³-hybridized carbons (Fsp3) is 0.429. The molecule has 1 aromatic heterocycles. The van der Waals surface area contributed by atoms with Crippen LogP contribution >= 0.6 is 23.7 Å². The summed E-state index contributed by atoms with van der Waals surface area (Å²) < 4.78 is 6.45. The van der Waals surface area contributed by atoms with Crippen LogP contribution in [0.2, 0.25) is 0 Å². The molecule has 0 aliphatic heterocycles. The first-order chi connectivity index (χ1) is 9.60. The highest BCUT2D eigenvalue weighted by Gasteiger charge is 2.40. The van der Waals surface area contributed by atoms with Crippen molar-refractivity contribution in [2.45, 2.75) is 31.7 Å². The van der Waals surface area contributed by atoms with Crippen LogP contribution < -0.4 is 15.8 Å². The fourth-order valence-corrected chi connectivity index (χ4v) is 3.11. The lowest BCUT2D eigenvalue weighted by Crippen LogP contribution is -2.56. The van der Waals surface area contributed by atoms with E-state index in [1.165, 1.54) is 11.3 Å². The fourth-order valence-electron chi connectivity index (χ4n) is 2.22. The summed E-state index contributed by atoms with van der Waals surface area (Å²) in [5, 5.41) is 3.42. The molecule has 3 rings (SSSR count). The number of rotatable bonds is 4. The molecule has 0 unspecified atom stereocenters. The summed E-state index contributed by atoms with van der Waals surface area (Å²) in [5.74, 6) is 0.684. The van der Waals surface area contributed by atoms with E-state index in [0.717, 1.165) is 35.2 Å². The van der Waals surface area contributed by atoms with E-state index in [2.05, 4.69) is 10.3 Å². The minimum atomic E-state index is -0.700. The number of aromatic nitrogens is 1. The van der Waals surface area contributed by atoms with Crippen LogP contribution in [0.15, 0.2) is 18.2 Å². The van der Waals surface area contributed by atoms with Crippen molar-refractivity contribution < 1.29 is 9.53 Å². The third kappa shape index (κ3) is 3.12. The highest BCUT2D eigenvalue weighted by atomic mass is 35.5. The van der Waals surface area contributed by atoms with Gasteiger partial charge in [-0.25, -0.2) is 4.98 Å².